The molecule has 0 aromatic carbocycles. The quantitative estimate of drug-likeness (QED) is 0.510. The first-order valence-corrected chi connectivity index (χ1v) is 5.71. The molecule has 0 saturated heterocycles. The van der Waals surface area contributed by atoms with Gasteiger partial charge in [0.1, 0.15) is 6.17 Å². The van der Waals surface area contributed by atoms with Gasteiger partial charge in [-0.05, 0) is 43.8 Å². The van der Waals surface area contributed by atoms with Crippen LogP contribution >= 0.6 is 12.6 Å². The highest BCUT2D eigenvalue weighted by molar-refractivity contribution is 7.80. The van der Waals surface area contributed by atoms with Crippen LogP contribution in [0.5, 0.6) is 0 Å². The average Bonchev–Trinajstić information content (AvgIpc) is 2.27. The van der Waals surface area contributed by atoms with E-state index in [2.05, 4.69) is 12.6 Å². The van der Waals surface area contributed by atoms with Gasteiger partial charge in [0.15, 0.2) is 0 Å². The normalized spacial score (nSPS) is 31.5. The van der Waals surface area contributed by atoms with Crippen molar-refractivity contribution in [1.82, 2.24) is 0 Å². The molecule has 2 unspecified atom stereocenters. The van der Waals surface area contributed by atoms with Gasteiger partial charge in [-0.1, -0.05) is 12.8 Å². The van der Waals surface area contributed by atoms with Gasteiger partial charge < -0.3 is 0 Å². The minimum absolute atomic E-state index is 0.508. The second-order valence-electron chi connectivity index (χ2n) is 3.84. The highest BCUT2D eigenvalue weighted by Gasteiger charge is 2.17. The van der Waals surface area contributed by atoms with Crippen molar-refractivity contribution < 1.29 is 4.39 Å². The van der Waals surface area contributed by atoms with Gasteiger partial charge in [0.25, 0.3) is 0 Å². The van der Waals surface area contributed by atoms with Crippen LogP contribution in [-0.4, -0.2) is 11.9 Å². The summed E-state index contributed by atoms with van der Waals surface area (Å²) in [5.74, 6) is 1.77. The van der Waals surface area contributed by atoms with Crippen molar-refractivity contribution in [2.24, 2.45) is 5.92 Å². The summed E-state index contributed by atoms with van der Waals surface area (Å²) in [5, 5.41) is 0. The molecule has 2 atom stereocenters. The van der Waals surface area contributed by atoms with E-state index in [-0.39, 0.29) is 0 Å². The van der Waals surface area contributed by atoms with E-state index in [0.717, 1.165) is 37.4 Å². The molecule has 1 fully saturated rings. The fourth-order valence-corrected chi connectivity index (χ4v) is 2.18. The van der Waals surface area contributed by atoms with Gasteiger partial charge in [-0.3, -0.25) is 0 Å². The minimum Gasteiger partial charge on any atom is -0.247 e. The lowest BCUT2D eigenvalue weighted by atomic mass is 9.95. The van der Waals surface area contributed by atoms with Crippen LogP contribution in [0.3, 0.4) is 0 Å². The minimum atomic E-state index is -0.508. The molecule has 0 spiro atoms. The van der Waals surface area contributed by atoms with Crippen molar-refractivity contribution in [1.29, 1.82) is 0 Å². The van der Waals surface area contributed by atoms with Crippen LogP contribution in [-0.2, 0) is 0 Å². The zero-order valence-corrected chi connectivity index (χ0v) is 8.53. The SMILES string of the molecule is FC1CCCC(CCCS)CC1. The molecule has 1 saturated carbocycles. The van der Waals surface area contributed by atoms with Crippen LogP contribution in [0.4, 0.5) is 4.39 Å². The van der Waals surface area contributed by atoms with Gasteiger partial charge in [0.2, 0.25) is 0 Å². The monoisotopic (exact) mass is 190 g/mol. The molecule has 1 aliphatic carbocycles. The molecule has 0 heterocycles. The molecule has 0 nitrogen and oxygen atoms in total. The van der Waals surface area contributed by atoms with Crippen LogP contribution in [0.1, 0.15) is 44.9 Å². The largest absolute Gasteiger partial charge is 0.247 e. The summed E-state index contributed by atoms with van der Waals surface area (Å²) in [6.45, 7) is 0. The number of thiol groups is 1. The smallest absolute Gasteiger partial charge is 0.100 e. The van der Waals surface area contributed by atoms with Crippen molar-refractivity contribution in [3.63, 3.8) is 0 Å². The molecule has 0 amide bonds. The molecule has 1 aliphatic rings. The van der Waals surface area contributed by atoms with Gasteiger partial charge >= 0.3 is 0 Å². The van der Waals surface area contributed by atoms with Crippen LogP contribution in [0.25, 0.3) is 0 Å². The second-order valence-corrected chi connectivity index (χ2v) is 4.28. The summed E-state index contributed by atoms with van der Waals surface area (Å²) in [7, 11) is 0. The van der Waals surface area contributed by atoms with Crippen molar-refractivity contribution in [3.05, 3.63) is 0 Å². The van der Waals surface area contributed by atoms with E-state index >= 15 is 0 Å². The Morgan fingerprint density at radius 1 is 1.17 bits per heavy atom. The third kappa shape index (κ3) is 3.79. The highest BCUT2D eigenvalue weighted by atomic mass is 32.1. The molecule has 0 bridgehead atoms. The summed E-state index contributed by atoms with van der Waals surface area (Å²) in [6, 6.07) is 0. The van der Waals surface area contributed by atoms with Crippen LogP contribution in [0.2, 0.25) is 0 Å². The zero-order chi connectivity index (χ0) is 8.81. The predicted octanol–water partition coefficient (Wildman–Crippen LogP) is 3.61. The third-order valence-corrected chi connectivity index (χ3v) is 3.10. The molecule has 0 aromatic heterocycles. The fraction of sp³-hybridized carbons (Fsp3) is 1.00. The summed E-state index contributed by atoms with van der Waals surface area (Å²) >= 11 is 4.19. The number of alkyl halides is 1. The molecule has 72 valence electrons. The maximum Gasteiger partial charge on any atom is 0.100 e. The van der Waals surface area contributed by atoms with E-state index in [4.69, 9.17) is 0 Å². The van der Waals surface area contributed by atoms with E-state index in [1.165, 1.54) is 19.3 Å². The molecule has 0 N–H and O–H groups in total. The molecule has 0 radical (unpaired) electrons. The topological polar surface area (TPSA) is 0 Å². The predicted molar refractivity (Wildman–Crippen MR) is 54.6 cm³/mol. The van der Waals surface area contributed by atoms with Crippen molar-refractivity contribution in [2.75, 3.05) is 5.75 Å². The van der Waals surface area contributed by atoms with Crippen molar-refractivity contribution in [3.8, 4) is 0 Å². The van der Waals surface area contributed by atoms with Crippen molar-refractivity contribution in [2.45, 2.75) is 51.1 Å². The third-order valence-electron chi connectivity index (χ3n) is 2.79. The first-order valence-electron chi connectivity index (χ1n) is 5.08. The van der Waals surface area contributed by atoms with Gasteiger partial charge in [-0.2, -0.15) is 12.6 Å². The number of hydrogen-bond acceptors (Lipinski definition) is 1. The maximum atomic E-state index is 12.9. The molecule has 2 heteroatoms. The number of rotatable bonds is 3. The molecule has 0 aromatic rings. The lowest BCUT2D eigenvalue weighted by molar-refractivity contribution is 0.295. The number of halogens is 1. The number of hydrogen-bond donors (Lipinski definition) is 1. The van der Waals surface area contributed by atoms with Crippen molar-refractivity contribution >= 4 is 12.6 Å². The Labute approximate surface area is 80.3 Å². The van der Waals surface area contributed by atoms with Gasteiger partial charge in [0, 0.05) is 0 Å². The molecule has 12 heavy (non-hydrogen) atoms. The Kier molecular flexibility index (Phi) is 5.05. The zero-order valence-electron chi connectivity index (χ0n) is 7.64. The van der Waals surface area contributed by atoms with Crippen LogP contribution in [0.15, 0.2) is 0 Å². The summed E-state index contributed by atoms with van der Waals surface area (Å²) in [4.78, 5) is 0. The first-order chi connectivity index (χ1) is 5.83. The Hall–Kier alpha value is 0.280. The Morgan fingerprint density at radius 2 is 2.00 bits per heavy atom. The fourth-order valence-electron chi connectivity index (χ4n) is 2.00. The lowest BCUT2D eigenvalue weighted by Crippen LogP contribution is -2.00. The Morgan fingerprint density at radius 3 is 2.75 bits per heavy atom. The van der Waals surface area contributed by atoms with E-state index in [9.17, 15) is 4.39 Å². The lowest BCUT2D eigenvalue weighted by Gasteiger charge is -2.12. The van der Waals surface area contributed by atoms with E-state index in [0.29, 0.717) is 0 Å². The van der Waals surface area contributed by atoms with Gasteiger partial charge in [0.05, 0.1) is 0 Å². The van der Waals surface area contributed by atoms with Crippen LogP contribution in [0, 0.1) is 5.92 Å². The molecule has 1 rings (SSSR count). The summed E-state index contributed by atoms with van der Waals surface area (Å²) < 4.78 is 12.9. The molecular formula is C10H19FS. The second kappa shape index (κ2) is 5.85. The van der Waals surface area contributed by atoms with E-state index < -0.39 is 6.17 Å². The summed E-state index contributed by atoms with van der Waals surface area (Å²) in [5.41, 5.74) is 0. The molecule has 0 aliphatic heterocycles. The van der Waals surface area contributed by atoms with Gasteiger partial charge in [-0.25, -0.2) is 4.39 Å². The van der Waals surface area contributed by atoms with Crippen LogP contribution < -0.4 is 0 Å². The standard InChI is InChI=1S/C10H19FS/c11-10-5-1-3-9(6-7-10)4-2-8-12/h9-10,12H,1-8H2. The molecular weight excluding hydrogens is 171 g/mol. The average molecular weight is 190 g/mol. The first kappa shape index (κ1) is 10.4. The highest BCUT2D eigenvalue weighted by Crippen LogP contribution is 2.27. The van der Waals surface area contributed by atoms with E-state index in [1.54, 1.807) is 0 Å². The Bertz CT molecular complexity index is 114. The maximum absolute atomic E-state index is 12.9. The Balaban J connectivity index is 2.17. The summed E-state index contributed by atoms with van der Waals surface area (Å²) in [6.07, 6.45) is 7.00. The van der Waals surface area contributed by atoms with Gasteiger partial charge in [-0.15, -0.1) is 0 Å². The van der Waals surface area contributed by atoms with E-state index in [1.807, 2.05) is 0 Å².